The van der Waals surface area contributed by atoms with Crippen molar-refractivity contribution >= 4 is 5.96 Å². The first-order chi connectivity index (χ1) is 13.0. The predicted molar refractivity (Wildman–Crippen MR) is 114 cm³/mol. The van der Waals surface area contributed by atoms with Gasteiger partial charge in [0.05, 0.1) is 19.8 Å². The summed E-state index contributed by atoms with van der Waals surface area (Å²) in [5.74, 6) is 1.67. The molecule has 0 saturated carbocycles. The molecule has 2 fully saturated rings. The van der Waals surface area contributed by atoms with Gasteiger partial charge in [-0.1, -0.05) is 13.8 Å². The second-order valence-corrected chi connectivity index (χ2v) is 8.70. The minimum absolute atomic E-state index is 0.507. The lowest BCUT2D eigenvalue weighted by atomic mass is 10.0. The molecule has 0 aliphatic carbocycles. The third-order valence-electron chi connectivity index (χ3n) is 5.71. The lowest BCUT2D eigenvalue weighted by molar-refractivity contribution is 0.0143. The summed E-state index contributed by atoms with van der Waals surface area (Å²) in [4.78, 5) is 10.1. The highest BCUT2D eigenvalue weighted by Crippen LogP contribution is 2.15. The van der Waals surface area contributed by atoms with Crippen molar-refractivity contribution in [2.24, 2.45) is 10.9 Å². The van der Waals surface area contributed by atoms with Crippen LogP contribution in [0.15, 0.2) is 4.99 Å². The number of nitrogens with one attached hydrogen (secondary N) is 2. The van der Waals surface area contributed by atoms with E-state index in [0.717, 1.165) is 45.4 Å². The van der Waals surface area contributed by atoms with Gasteiger partial charge in [-0.25, -0.2) is 0 Å². The number of hydrogen-bond donors (Lipinski definition) is 2. The van der Waals surface area contributed by atoms with Gasteiger partial charge in [0.15, 0.2) is 5.96 Å². The fraction of sp³-hybridized carbons (Fsp3) is 0.952. The molecule has 158 valence electrons. The van der Waals surface area contributed by atoms with E-state index in [1.165, 1.54) is 32.4 Å². The first-order valence-corrected chi connectivity index (χ1v) is 11.1. The zero-order valence-corrected chi connectivity index (χ0v) is 18.3. The lowest BCUT2D eigenvalue weighted by Crippen LogP contribution is -2.50. The van der Waals surface area contributed by atoms with E-state index < -0.39 is 0 Å². The van der Waals surface area contributed by atoms with Gasteiger partial charge in [-0.15, -0.1) is 0 Å². The monoisotopic (exact) mass is 381 g/mol. The van der Waals surface area contributed by atoms with E-state index in [-0.39, 0.29) is 0 Å². The Morgan fingerprint density at radius 3 is 2.26 bits per heavy atom. The van der Waals surface area contributed by atoms with Gasteiger partial charge in [-0.05, 0) is 46.0 Å². The van der Waals surface area contributed by atoms with Gasteiger partial charge in [0.1, 0.15) is 0 Å². The molecule has 0 aromatic rings. The van der Waals surface area contributed by atoms with E-state index in [9.17, 15) is 0 Å². The van der Waals surface area contributed by atoms with E-state index in [1.807, 2.05) is 0 Å². The zero-order valence-electron chi connectivity index (χ0n) is 18.3. The SMILES string of the molecule is CCNC(=NCC(CC(C)C)N1CCOCC1)NC1CCN(C(C)C)CC1. The van der Waals surface area contributed by atoms with Crippen molar-refractivity contribution in [1.82, 2.24) is 20.4 Å². The van der Waals surface area contributed by atoms with Crippen molar-refractivity contribution < 1.29 is 4.74 Å². The Balaban J connectivity index is 1.91. The van der Waals surface area contributed by atoms with Gasteiger partial charge in [0, 0.05) is 50.8 Å². The number of morpholine rings is 1. The fourth-order valence-corrected chi connectivity index (χ4v) is 4.10. The van der Waals surface area contributed by atoms with Gasteiger partial charge >= 0.3 is 0 Å². The molecule has 6 nitrogen and oxygen atoms in total. The largest absolute Gasteiger partial charge is 0.379 e. The van der Waals surface area contributed by atoms with Crippen LogP contribution in [0.3, 0.4) is 0 Å². The second-order valence-electron chi connectivity index (χ2n) is 8.70. The smallest absolute Gasteiger partial charge is 0.191 e. The second kappa shape index (κ2) is 11.9. The molecular weight excluding hydrogens is 338 g/mol. The minimum Gasteiger partial charge on any atom is -0.379 e. The van der Waals surface area contributed by atoms with Crippen molar-refractivity contribution in [2.45, 2.75) is 72.0 Å². The van der Waals surface area contributed by atoms with Crippen LogP contribution in [-0.4, -0.2) is 86.4 Å². The van der Waals surface area contributed by atoms with Crippen molar-refractivity contribution in [3.05, 3.63) is 0 Å². The maximum Gasteiger partial charge on any atom is 0.191 e. The van der Waals surface area contributed by atoms with Crippen LogP contribution >= 0.6 is 0 Å². The molecule has 27 heavy (non-hydrogen) atoms. The number of likely N-dealkylation sites (tertiary alicyclic amines) is 1. The molecule has 2 aliphatic rings. The summed E-state index contributed by atoms with van der Waals surface area (Å²) in [5, 5.41) is 7.15. The number of aliphatic imine (C=N–C) groups is 1. The average molecular weight is 382 g/mol. The molecule has 0 aromatic carbocycles. The fourth-order valence-electron chi connectivity index (χ4n) is 4.10. The minimum atomic E-state index is 0.507. The van der Waals surface area contributed by atoms with Crippen LogP contribution in [0.2, 0.25) is 0 Å². The number of nitrogens with zero attached hydrogens (tertiary/aromatic N) is 3. The van der Waals surface area contributed by atoms with Crippen LogP contribution in [0, 0.1) is 5.92 Å². The summed E-state index contributed by atoms with van der Waals surface area (Å²) in [6.07, 6.45) is 3.58. The number of ether oxygens (including phenoxy) is 1. The Kier molecular flexibility index (Phi) is 9.87. The van der Waals surface area contributed by atoms with E-state index >= 15 is 0 Å². The van der Waals surface area contributed by atoms with E-state index in [2.05, 4.69) is 55.1 Å². The molecule has 0 aromatic heterocycles. The van der Waals surface area contributed by atoms with Gasteiger partial charge in [0.25, 0.3) is 0 Å². The number of guanidine groups is 1. The summed E-state index contributed by atoms with van der Waals surface area (Å²) in [6, 6.07) is 1.69. The van der Waals surface area contributed by atoms with Crippen molar-refractivity contribution in [3.8, 4) is 0 Å². The van der Waals surface area contributed by atoms with Crippen LogP contribution in [0.5, 0.6) is 0 Å². The highest BCUT2D eigenvalue weighted by atomic mass is 16.5. The highest BCUT2D eigenvalue weighted by molar-refractivity contribution is 5.80. The molecule has 0 amide bonds. The Morgan fingerprint density at radius 2 is 1.70 bits per heavy atom. The highest BCUT2D eigenvalue weighted by Gasteiger charge is 2.23. The van der Waals surface area contributed by atoms with Crippen LogP contribution in [-0.2, 0) is 4.74 Å². The quantitative estimate of drug-likeness (QED) is 0.498. The van der Waals surface area contributed by atoms with Gasteiger partial charge in [-0.3, -0.25) is 9.89 Å². The molecule has 0 bridgehead atoms. The van der Waals surface area contributed by atoms with Crippen molar-refractivity contribution in [2.75, 3.05) is 52.5 Å². The maximum absolute atomic E-state index is 5.54. The van der Waals surface area contributed by atoms with Crippen LogP contribution in [0.4, 0.5) is 0 Å². The Labute approximate surface area is 167 Å². The third-order valence-corrected chi connectivity index (χ3v) is 5.71. The summed E-state index contributed by atoms with van der Waals surface area (Å²) in [5.41, 5.74) is 0. The molecule has 1 unspecified atom stereocenters. The molecule has 2 rings (SSSR count). The Bertz CT molecular complexity index is 426. The van der Waals surface area contributed by atoms with E-state index in [0.29, 0.717) is 24.0 Å². The normalized spacial score (nSPS) is 22.4. The Hall–Kier alpha value is -0.850. The molecule has 2 heterocycles. The Morgan fingerprint density at radius 1 is 1.04 bits per heavy atom. The summed E-state index contributed by atoms with van der Waals surface area (Å²) >= 11 is 0. The van der Waals surface area contributed by atoms with Gasteiger partial charge < -0.3 is 20.3 Å². The first-order valence-electron chi connectivity index (χ1n) is 11.1. The molecule has 1 atom stereocenters. The van der Waals surface area contributed by atoms with Gasteiger partial charge in [-0.2, -0.15) is 0 Å². The average Bonchev–Trinajstić information content (AvgIpc) is 2.66. The maximum atomic E-state index is 5.54. The standard InChI is InChI=1S/C21H43N5O/c1-6-22-21(24-19-7-9-25(10-8-19)18(4)5)23-16-20(15-17(2)3)26-11-13-27-14-12-26/h17-20H,6-16H2,1-5H3,(H2,22,23,24). The number of hydrogen-bond acceptors (Lipinski definition) is 4. The van der Waals surface area contributed by atoms with E-state index in [4.69, 9.17) is 9.73 Å². The molecule has 2 N–H and O–H groups in total. The summed E-state index contributed by atoms with van der Waals surface area (Å²) < 4.78 is 5.54. The number of piperidine rings is 1. The van der Waals surface area contributed by atoms with Gasteiger partial charge in [0.2, 0.25) is 0 Å². The molecule has 0 radical (unpaired) electrons. The third kappa shape index (κ3) is 7.96. The van der Waals surface area contributed by atoms with Crippen molar-refractivity contribution in [3.63, 3.8) is 0 Å². The zero-order chi connectivity index (χ0) is 19.6. The molecule has 0 spiro atoms. The molecule has 2 aliphatic heterocycles. The van der Waals surface area contributed by atoms with Crippen LogP contribution < -0.4 is 10.6 Å². The summed E-state index contributed by atoms with van der Waals surface area (Å²) in [7, 11) is 0. The van der Waals surface area contributed by atoms with Crippen LogP contribution in [0.1, 0.15) is 53.9 Å². The lowest BCUT2D eigenvalue weighted by Gasteiger charge is -2.36. The topological polar surface area (TPSA) is 52.1 Å². The molecule has 6 heteroatoms. The molecular formula is C21H43N5O. The number of rotatable bonds is 8. The summed E-state index contributed by atoms with van der Waals surface area (Å²) in [6.45, 7) is 19.2. The van der Waals surface area contributed by atoms with E-state index in [1.54, 1.807) is 0 Å². The van der Waals surface area contributed by atoms with Crippen LogP contribution in [0.25, 0.3) is 0 Å². The van der Waals surface area contributed by atoms with Crippen molar-refractivity contribution in [1.29, 1.82) is 0 Å². The first kappa shape index (κ1) is 22.4. The molecule has 2 saturated heterocycles. The predicted octanol–water partition coefficient (Wildman–Crippen LogP) is 2.16.